The first kappa shape index (κ1) is 8.25. The Bertz CT molecular complexity index is 244. The van der Waals surface area contributed by atoms with E-state index in [2.05, 4.69) is 13.0 Å². The van der Waals surface area contributed by atoms with Gasteiger partial charge in [0, 0.05) is 6.42 Å². The van der Waals surface area contributed by atoms with Crippen molar-refractivity contribution in [2.45, 2.75) is 33.6 Å². The third kappa shape index (κ3) is 1.59. The number of rotatable bonds is 0. The van der Waals surface area contributed by atoms with Gasteiger partial charge >= 0.3 is 0 Å². The number of Topliss-reactive ketones (excluding diaryl/α,β-unsaturated/α-hetero) is 1. The molecule has 0 bridgehead atoms. The molecule has 0 heterocycles. The summed E-state index contributed by atoms with van der Waals surface area (Å²) in [5.74, 6) is 0.301. The van der Waals surface area contributed by atoms with Crippen LogP contribution in [0, 0.1) is 0 Å². The molecular weight excluding hydrogens is 136 g/mol. The van der Waals surface area contributed by atoms with Gasteiger partial charge in [-0.25, -0.2) is 0 Å². The number of allylic oxidation sites excluding steroid dienone is 4. The maximum Gasteiger partial charge on any atom is 0.159 e. The second-order valence-electron chi connectivity index (χ2n) is 3.10. The summed E-state index contributed by atoms with van der Waals surface area (Å²) in [6, 6.07) is 0. The van der Waals surface area contributed by atoms with Crippen molar-refractivity contribution in [3.05, 3.63) is 22.8 Å². The Balaban J connectivity index is 3.05. The molecule has 0 aromatic carbocycles. The standard InChI is InChI=1S/C10H14O/c1-7-5-4-6-10(11)9(3)8(7)2/h5H,4,6H2,1-3H3. The van der Waals surface area contributed by atoms with Crippen LogP contribution < -0.4 is 0 Å². The van der Waals surface area contributed by atoms with Gasteiger partial charge in [-0.15, -0.1) is 0 Å². The highest BCUT2D eigenvalue weighted by molar-refractivity contribution is 5.96. The van der Waals surface area contributed by atoms with Crippen molar-refractivity contribution in [3.63, 3.8) is 0 Å². The molecule has 1 aliphatic rings. The van der Waals surface area contributed by atoms with Crippen LogP contribution in [0.5, 0.6) is 0 Å². The second kappa shape index (κ2) is 3.04. The summed E-state index contributed by atoms with van der Waals surface area (Å²) >= 11 is 0. The molecule has 0 atom stereocenters. The minimum Gasteiger partial charge on any atom is -0.295 e. The lowest BCUT2D eigenvalue weighted by Gasteiger charge is -2.01. The normalized spacial score (nSPS) is 19.9. The number of carbonyl (C=O) groups excluding carboxylic acids is 1. The fourth-order valence-electron chi connectivity index (χ4n) is 1.27. The highest BCUT2D eigenvalue weighted by atomic mass is 16.1. The van der Waals surface area contributed by atoms with Gasteiger partial charge in [0.25, 0.3) is 0 Å². The predicted octanol–water partition coefficient (Wildman–Crippen LogP) is 2.63. The van der Waals surface area contributed by atoms with E-state index in [1.807, 2.05) is 13.8 Å². The van der Waals surface area contributed by atoms with Gasteiger partial charge in [-0.1, -0.05) is 11.6 Å². The monoisotopic (exact) mass is 150 g/mol. The number of hydrogen-bond acceptors (Lipinski definition) is 1. The topological polar surface area (TPSA) is 17.1 Å². The van der Waals surface area contributed by atoms with E-state index in [4.69, 9.17) is 0 Å². The third-order valence-corrected chi connectivity index (χ3v) is 2.39. The molecule has 0 radical (unpaired) electrons. The lowest BCUT2D eigenvalue weighted by atomic mass is 10.0. The van der Waals surface area contributed by atoms with E-state index >= 15 is 0 Å². The van der Waals surface area contributed by atoms with E-state index in [9.17, 15) is 4.79 Å². The average molecular weight is 150 g/mol. The van der Waals surface area contributed by atoms with Crippen LogP contribution in [0.15, 0.2) is 22.8 Å². The summed E-state index contributed by atoms with van der Waals surface area (Å²) in [6.45, 7) is 6.00. The fourth-order valence-corrected chi connectivity index (χ4v) is 1.27. The lowest BCUT2D eigenvalue weighted by Crippen LogP contribution is -1.98. The Morgan fingerprint density at radius 3 is 2.45 bits per heavy atom. The molecule has 0 spiro atoms. The second-order valence-corrected chi connectivity index (χ2v) is 3.10. The zero-order valence-corrected chi connectivity index (χ0v) is 7.40. The van der Waals surface area contributed by atoms with Crippen LogP contribution in [0.4, 0.5) is 0 Å². The van der Waals surface area contributed by atoms with Gasteiger partial charge in [-0.05, 0) is 38.3 Å². The molecule has 1 rings (SSSR count). The molecule has 0 aromatic heterocycles. The van der Waals surface area contributed by atoms with E-state index in [1.165, 1.54) is 5.57 Å². The number of hydrogen-bond donors (Lipinski definition) is 0. The molecule has 60 valence electrons. The van der Waals surface area contributed by atoms with Crippen molar-refractivity contribution in [3.8, 4) is 0 Å². The summed E-state index contributed by atoms with van der Waals surface area (Å²) in [6.07, 6.45) is 3.73. The largest absolute Gasteiger partial charge is 0.295 e. The van der Waals surface area contributed by atoms with Crippen molar-refractivity contribution in [2.75, 3.05) is 0 Å². The summed E-state index contributed by atoms with van der Waals surface area (Å²) in [7, 11) is 0. The van der Waals surface area contributed by atoms with Gasteiger partial charge in [0.05, 0.1) is 0 Å². The first-order valence-electron chi connectivity index (χ1n) is 4.00. The van der Waals surface area contributed by atoms with Crippen LogP contribution in [0.1, 0.15) is 33.6 Å². The van der Waals surface area contributed by atoms with Gasteiger partial charge in [-0.2, -0.15) is 0 Å². The summed E-state index contributed by atoms with van der Waals surface area (Å²) < 4.78 is 0. The van der Waals surface area contributed by atoms with Crippen LogP contribution in [-0.4, -0.2) is 5.78 Å². The smallest absolute Gasteiger partial charge is 0.159 e. The van der Waals surface area contributed by atoms with Crippen molar-refractivity contribution in [1.29, 1.82) is 0 Å². The van der Waals surface area contributed by atoms with E-state index in [-0.39, 0.29) is 0 Å². The number of carbonyl (C=O) groups is 1. The van der Waals surface area contributed by atoms with Crippen LogP contribution in [0.25, 0.3) is 0 Å². The molecule has 0 N–H and O–H groups in total. The molecule has 0 amide bonds. The van der Waals surface area contributed by atoms with Gasteiger partial charge < -0.3 is 0 Å². The van der Waals surface area contributed by atoms with Crippen LogP contribution in [0.2, 0.25) is 0 Å². The molecule has 0 fully saturated rings. The first-order chi connectivity index (χ1) is 5.13. The van der Waals surface area contributed by atoms with E-state index in [0.29, 0.717) is 12.2 Å². The van der Waals surface area contributed by atoms with Crippen LogP contribution >= 0.6 is 0 Å². The lowest BCUT2D eigenvalue weighted by molar-refractivity contribution is -0.115. The van der Waals surface area contributed by atoms with E-state index in [1.54, 1.807) is 0 Å². The van der Waals surface area contributed by atoms with Gasteiger partial charge in [0.2, 0.25) is 0 Å². The Hall–Kier alpha value is -0.850. The van der Waals surface area contributed by atoms with Gasteiger partial charge in [0.1, 0.15) is 0 Å². The zero-order valence-electron chi connectivity index (χ0n) is 7.40. The molecule has 0 aromatic rings. The average Bonchev–Trinajstić information content (AvgIpc) is 2.07. The minimum atomic E-state index is 0.301. The fraction of sp³-hybridized carbons (Fsp3) is 0.500. The highest BCUT2D eigenvalue weighted by Crippen LogP contribution is 2.20. The van der Waals surface area contributed by atoms with E-state index < -0.39 is 0 Å². The number of ketones is 1. The van der Waals surface area contributed by atoms with Crippen LogP contribution in [0.3, 0.4) is 0 Å². The zero-order chi connectivity index (χ0) is 8.43. The summed E-state index contributed by atoms with van der Waals surface area (Å²) in [5.41, 5.74) is 3.36. The Labute approximate surface area is 67.8 Å². The molecule has 0 saturated heterocycles. The van der Waals surface area contributed by atoms with E-state index in [0.717, 1.165) is 17.6 Å². The van der Waals surface area contributed by atoms with Crippen molar-refractivity contribution >= 4 is 5.78 Å². The molecule has 1 heteroatoms. The highest BCUT2D eigenvalue weighted by Gasteiger charge is 2.11. The summed E-state index contributed by atoms with van der Waals surface area (Å²) in [5, 5.41) is 0. The maximum absolute atomic E-state index is 11.3. The molecule has 1 nitrogen and oxygen atoms in total. The van der Waals surface area contributed by atoms with Crippen LogP contribution in [-0.2, 0) is 4.79 Å². The van der Waals surface area contributed by atoms with Gasteiger partial charge in [0.15, 0.2) is 5.78 Å². The molecule has 0 unspecified atom stereocenters. The molecule has 1 aliphatic carbocycles. The van der Waals surface area contributed by atoms with Gasteiger partial charge in [-0.3, -0.25) is 4.79 Å². The Morgan fingerprint density at radius 1 is 1.18 bits per heavy atom. The molecule has 11 heavy (non-hydrogen) atoms. The first-order valence-corrected chi connectivity index (χ1v) is 4.00. The molecular formula is C10H14O. The Morgan fingerprint density at radius 2 is 1.82 bits per heavy atom. The SMILES string of the molecule is CC1=CCCC(=O)C(C)=C1C. The minimum absolute atomic E-state index is 0.301. The summed E-state index contributed by atoms with van der Waals surface area (Å²) in [4.78, 5) is 11.3. The molecule has 0 aliphatic heterocycles. The third-order valence-electron chi connectivity index (χ3n) is 2.39. The predicted molar refractivity (Wildman–Crippen MR) is 46.4 cm³/mol. The van der Waals surface area contributed by atoms with Crippen molar-refractivity contribution in [2.24, 2.45) is 0 Å². The maximum atomic E-state index is 11.3. The Kier molecular flexibility index (Phi) is 2.28. The quantitative estimate of drug-likeness (QED) is 0.518. The van der Waals surface area contributed by atoms with Crippen molar-refractivity contribution in [1.82, 2.24) is 0 Å². The van der Waals surface area contributed by atoms with Crippen molar-refractivity contribution < 1.29 is 4.79 Å². The molecule has 0 saturated carbocycles.